The molecule has 0 fully saturated rings. The summed E-state index contributed by atoms with van der Waals surface area (Å²) in [6.07, 6.45) is 3.62. The quantitative estimate of drug-likeness (QED) is 0.790. The van der Waals surface area contributed by atoms with Gasteiger partial charge in [0.25, 0.3) is 0 Å². The van der Waals surface area contributed by atoms with E-state index in [1.54, 1.807) is 19.4 Å². The number of pyridine rings is 1. The molecular weight excluding hydrogens is 244 g/mol. The van der Waals surface area contributed by atoms with Crippen molar-refractivity contribution in [2.45, 2.75) is 5.03 Å². The van der Waals surface area contributed by atoms with Crippen LogP contribution in [0.25, 0.3) is 11.1 Å². The summed E-state index contributed by atoms with van der Waals surface area (Å²) >= 11 is 1.54. The maximum absolute atomic E-state index is 9.19. The molecule has 0 aliphatic carbocycles. The zero-order valence-corrected chi connectivity index (χ0v) is 11.0. The number of thioether (sulfide) groups is 1. The number of aromatic nitrogens is 1. The van der Waals surface area contributed by atoms with Crippen molar-refractivity contribution in [2.24, 2.45) is 0 Å². The summed E-state index contributed by atoms with van der Waals surface area (Å²) in [7, 11) is 1.63. The zero-order chi connectivity index (χ0) is 13.0. The molecule has 1 heterocycles. The van der Waals surface area contributed by atoms with Crippen LogP contribution in [0.5, 0.6) is 5.75 Å². The second kappa shape index (κ2) is 5.56. The molecule has 90 valence electrons. The molecule has 4 heteroatoms. The topological polar surface area (TPSA) is 45.9 Å². The highest BCUT2D eigenvalue weighted by Crippen LogP contribution is 2.32. The van der Waals surface area contributed by atoms with Crippen molar-refractivity contribution < 1.29 is 4.74 Å². The summed E-state index contributed by atoms with van der Waals surface area (Å²) in [5.41, 5.74) is 2.50. The number of ether oxygens (including phenoxy) is 1. The maximum Gasteiger partial charge on any atom is 0.118 e. The van der Waals surface area contributed by atoms with Gasteiger partial charge in [-0.3, -0.25) is 0 Å². The Balaban J connectivity index is 2.58. The van der Waals surface area contributed by atoms with E-state index in [0.29, 0.717) is 5.56 Å². The van der Waals surface area contributed by atoms with Crippen molar-refractivity contribution in [3.63, 3.8) is 0 Å². The van der Waals surface area contributed by atoms with Gasteiger partial charge in [-0.2, -0.15) is 5.26 Å². The van der Waals surface area contributed by atoms with E-state index in [2.05, 4.69) is 11.1 Å². The highest BCUT2D eigenvalue weighted by molar-refractivity contribution is 7.98. The van der Waals surface area contributed by atoms with Gasteiger partial charge in [-0.05, 0) is 30.0 Å². The van der Waals surface area contributed by atoms with E-state index in [4.69, 9.17) is 4.74 Å². The molecule has 0 radical (unpaired) electrons. The molecule has 0 amide bonds. The molecule has 0 N–H and O–H groups in total. The lowest BCUT2D eigenvalue weighted by atomic mass is 10.0. The number of nitrogens with zero attached hydrogens (tertiary/aromatic N) is 2. The predicted octanol–water partition coefficient (Wildman–Crippen LogP) is 3.35. The minimum absolute atomic E-state index is 0.638. The Morgan fingerprint density at radius 2 is 1.94 bits per heavy atom. The molecule has 2 aromatic rings. The van der Waals surface area contributed by atoms with Crippen LogP contribution < -0.4 is 4.74 Å². The van der Waals surface area contributed by atoms with Crippen molar-refractivity contribution in [3.05, 3.63) is 42.1 Å². The molecular formula is C14H12N2OS. The Morgan fingerprint density at radius 1 is 1.22 bits per heavy atom. The summed E-state index contributed by atoms with van der Waals surface area (Å²) in [6, 6.07) is 11.6. The van der Waals surface area contributed by atoms with Crippen LogP contribution in [-0.2, 0) is 0 Å². The number of hydrogen-bond acceptors (Lipinski definition) is 4. The third kappa shape index (κ3) is 2.31. The minimum atomic E-state index is 0.638. The Hall–Kier alpha value is -1.99. The van der Waals surface area contributed by atoms with Crippen molar-refractivity contribution in [1.29, 1.82) is 5.26 Å². The molecule has 0 aliphatic heterocycles. The van der Waals surface area contributed by atoms with Crippen molar-refractivity contribution in [1.82, 2.24) is 4.98 Å². The molecule has 0 bridgehead atoms. The van der Waals surface area contributed by atoms with E-state index < -0.39 is 0 Å². The standard InChI is InChI=1S/C14H12N2OS/c1-17-12-5-3-10(4-6-12)13-11(9-15)7-8-16-14(13)18-2/h3-8H,1-2H3. The molecule has 3 nitrogen and oxygen atoms in total. The fourth-order valence-corrected chi connectivity index (χ4v) is 2.33. The van der Waals surface area contributed by atoms with Gasteiger partial charge in [0, 0.05) is 11.8 Å². The minimum Gasteiger partial charge on any atom is -0.497 e. The Labute approximate surface area is 110 Å². The molecule has 0 saturated carbocycles. The van der Waals surface area contributed by atoms with E-state index >= 15 is 0 Å². The fourth-order valence-electron chi connectivity index (χ4n) is 1.73. The lowest BCUT2D eigenvalue weighted by Crippen LogP contribution is -1.91. The van der Waals surface area contributed by atoms with Gasteiger partial charge in [-0.25, -0.2) is 4.98 Å². The molecule has 2 rings (SSSR count). The van der Waals surface area contributed by atoms with Crippen LogP contribution in [0.4, 0.5) is 0 Å². The molecule has 0 atom stereocenters. The van der Waals surface area contributed by atoms with Crippen LogP contribution in [0, 0.1) is 11.3 Å². The second-order valence-electron chi connectivity index (χ2n) is 3.58. The molecule has 0 spiro atoms. The molecule has 0 unspecified atom stereocenters. The monoisotopic (exact) mass is 256 g/mol. The molecule has 1 aromatic carbocycles. The van der Waals surface area contributed by atoms with Crippen molar-refractivity contribution in [3.8, 4) is 22.9 Å². The van der Waals surface area contributed by atoms with Gasteiger partial charge >= 0.3 is 0 Å². The van der Waals surface area contributed by atoms with Crippen LogP contribution in [0.2, 0.25) is 0 Å². The van der Waals surface area contributed by atoms with Crippen LogP contribution >= 0.6 is 11.8 Å². The first kappa shape index (κ1) is 12.5. The van der Waals surface area contributed by atoms with Crippen LogP contribution in [0.1, 0.15) is 5.56 Å². The van der Waals surface area contributed by atoms with E-state index in [-0.39, 0.29) is 0 Å². The van der Waals surface area contributed by atoms with Crippen molar-refractivity contribution >= 4 is 11.8 Å². The van der Waals surface area contributed by atoms with Crippen LogP contribution in [-0.4, -0.2) is 18.3 Å². The molecule has 0 saturated heterocycles. The Morgan fingerprint density at radius 3 is 2.50 bits per heavy atom. The van der Waals surface area contributed by atoms with Gasteiger partial charge in [0.05, 0.1) is 18.7 Å². The summed E-state index contributed by atoms with van der Waals surface area (Å²) in [6.45, 7) is 0. The van der Waals surface area contributed by atoms with Gasteiger partial charge in [0.1, 0.15) is 10.8 Å². The molecule has 0 aliphatic rings. The zero-order valence-electron chi connectivity index (χ0n) is 10.2. The highest BCUT2D eigenvalue weighted by atomic mass is 32.2. The lowest BCUT2D eigenvalue weighted by Gasteiger charge is -2.09. The summed E-state index contributed by atoms with van der Waals surface area (Å²) in [4.78, 5) is 4.31. The number of nitriles is 1. The van der Waals surface area contributed by atoms with E-state index in [0.717, 1.165) is 21.9 Å². The molecule has 1 aromatic heterocycles. The first-order valence-electron chi connectivity index (χ1n) is 5.37. The smallest absolute Gasteiger partial charge is 0.118 e. The average molecular weight is 256 g/mol. The Kier molecular flexibility index (Phi) is 3.85. The number of benzene rings is 1. The fraction of sp³-hybridized carbons (Fsp3) is 0.143. The van der Waals surface area contributed by atoms with Crippen LogP contribution in [0.3, 0.4) is 0 Å². The highest BCUT2D eigenvalue weighted by Gasteiger charge is 2.11. The second-order valence-corrected chi connectivity index (χ2v) is 4.38. The third-order valence-electron chi connectivity index (χ3n) is 2.61. The van der Waals surface area contributed by atoms with Gasteiger partial charge < -0.3 is 4.74 Å². The third-order valence-corrected chi connectivity index (χ3v) is 3.30. The van der Waals surface area contributed by atoms with E-state index in [9.17, 15) is 5.26 Å². The number of hydrogen-bond donors (Lipinski definition) is 0. The van der Waals surface area contributed by atoms with E-state index in [1.807, 2.05) is 30.5 Å². The van der Waals surface area contributed by atoms with E-state index in [1.165, 1.54) is 11.8 Å². The normalized spacial score (nSPS) is 9.83. The first-order valence-corrected chi connectivity index (χ1v) is 6.60. The van der Waals surface area contributed by atoms with Crippen molar-refractivity contribution in [2.75, 3.05) is 13.4 Å². The largest absolute Gasteiger partial charge is 0.497 e. The van der Waals surface area contributed by atoms with Crippen LogP contribution in [0.15, 0.2) is 41.6 Å². The number of methoxy groups -OCH3 is 1. The molecule has 18 heavy (non-hydrogen) atoms. The summed E-state index contributed by atoms with van der Waals surface area (Å²) < 4.78 is 5.13. The average Bonchev–Trinajstić information content (AvgIpc) is 2.46. The lowest BCUT2D eigenvalue weighted by molar-refractivity contribution is 0.415. The first-order chi connectivity index (χ1) is 8.80. The SMILES string of the molecule is COc1ccc(-c2c(C#N)ccnc2SC)cc1. The van der Waals surface area contributed by atoms with Gasteiger partial charge in [0.15, 0.2) is 0 Å². The summed E-state index contributed by atoms with van der Waals surface area (Å²) in [5.74, 6) is 0.798. The maximum atomic E-state index is 9.19. The predicted molar refractivity (Wildman–Crippen MR) is 72.7 cm³/mol. The van der Waals surface area contributed by atoms with Gasteiger partial charge in [-0.1, -0.05) is 12.1 Å². The summed E-state index contributed by atoms with van der Waals surface area (Å²) in [5, 5.41) is 10.0. The van der Waals surface area contributed by atoms with Gasteiger partial charge in [-0.15, -0.1) is 11.8 Å². The van der Waals surface area contributed by atoms with Gasteiger partial charge in [0.2, 0.25) is 0 Å². The Bertz CT molecular complexity index is 588. The number of rotatable bonds is 3.